The first-order valence-electron chi connectivity index (χ1n) is 10.7. The van der Waals surface area contributed by atoms with E-state index in [4.69, 9.17) is 11.6 Å². The predicted octanol–water partition coefficient (Wildman–Crippen LogP) is 6.06. The Hall–Kier alpha value is -1.56. The maximum atomic E-state index is 13.3. The summed E-state index contributed by atoms with van der Waals surface area (Å²) in [5.41, 5.74) is 1.44. The van der Waals surface area contributed by atoms with E-state index in [0.29, 0.717) is 10.9 Å². The molecule has 4 rings (SSSR count). The van der Waals surface area contributed by atoms with Gasteiger partial charge >= 0.3 is 6.18 Å². The Morgan fingerprint density at radius 3 is 2.33 bits per heavy atom. The standard InChI is InChI=1S/C24H28ClF3N2/c25-22-9-7-18(8-10-22)14-30-16-20(15-29-11-2-1-3-12-29)23(17-30)19-5-4-6-21(13-19)24(26,27)28/h4-10,13,20,23H,1-3,11-12,14-17H2/t20-,23-/m0/s1. The van der Waals surface area contributed by atoms with Gasteiger partial charge in [0.1, 0.15) is 0 Å². The van der Waals surface area contributed by atoms with Gasteiger partial charge in [0.25, 0.3) is 0 Å². The molecule has 2 aliphatic rings. The fourth-order valence-corrected chi connectivity index (χ4v) is 5.05. The molecule has 162 valence electrons. The van der Waals surface area contributed by atoms with E-state index >= 15 is 0 Å². The first-order valence-corrected chi connectivity index (χ1v) is 11.1. The lowest BCUT2D eigenvalue weighted by molar-refractivity contribution is -0.137. The van der Waals surface area contributed by atoms with Crippen molar-refractivity contribution in [3.8, 4) is 0 Å². The molecule has 2 fully saturated rings. The summed E-state index contributed by atoms with van der Waals surface area (Å²) < 4.78 is 39.9. The third-order valence-electron chi connectivity index (χ3n) is 6.42. The number of nitrogens with zero attached hydrogens (tertiary/aromatic N) is 2. The van der Waals surface area contributed by atoms with E-state index in [1.165, 1.54) is 37.0 Å². The fourth-order valence-electron chi connectivity index (χ4n) is 4.92. The Kier molecular flexibility index (Phi) is 6.71. The van der Waals surface area contributed by atoms with Gasteiger partial charge in [0.05, 0.1) is 5.56 Å². The molecule has 6 heteroatoms. The van der Waals surface area contributed by atoms with Crippen LogP contribution >= 0.6 is 11.6 Å². The van der Waals surface area contributed by atoms with Crippen molar-refractivity contribution in [1.82, 2.24) is 9.80 Å². The van der Waals surface area contributed by atoms with Crippen molar-refractivity contribution in [2.75, 3.05) is 32.7 Å². The average molecular weight is 437 g/mol. The van der Waals surface area contributed by atoms with Gasteiger partial charge in [-0.05, 0) is 61.2 Å². The lowest BCUT2D eigenvalue weighted by Gasteiger charge is -2.31. The van der Waals surface area contributed by atoms with Gasteiger partial charge in [-0.2, -0.15) is 13.2 Å². The van der Waals surface area contributed by atoms with Crippen LogP contribution in [0.4, 0.5) is 13.2 Å². The number of hydrogen-bond acceptors (Lipinski definition) is 2. The molecule has 2 aliphatic heterocycles. The minimum Gasteiger partial charge on any atom is -0.303 e. The Morgan fingerprint density at radius 1 is 0.900 bits per heavy atom. The Bertz CT molecular complexity index is 831. The molecule has 2 aromatic carbocycles. The molecule has 2 aromatic rings. The van der Waals surface area contributed by atoms with Crippen molar-refractivity contribution in [3.63, 3.8) is 0 Å². The first kappa shape index (κ1) is 21.7. The first-order chi connectivity index (χ1) is 14.4. The van der Waals surface area contributed by atoms with E-state index in [-0.39, 0.29) is 5.92 Å². The van der Waals surface area contributed by atoms with Crippen LogP contribution in [0.1, 0.15) is 41.9 Å². The zero-order chi connectivity index (χ0) is 21.1. The second-order valence-corrected chi connectivity index (χ2v) is 9.11. The highest BCUT2D eigenvalue weighted by atomic mass is 35.5. The Morgan fingerprint density at radius 2 is 1.63 bits per heavy atom. The lowest BCUT2D eigenvalue weighted by Crippen LogP contribution is -2.36. The van der Waals surface area contributed by atoms with Crippen LogP contribution in [-0.4, -0.2) is 42.5 Å². The number of hydrogen-bond donors (Lipinski definition) is 0. The van der Waals surface area contributed by atoms with E-state index in [0.717, 1.165) is 44.8 Å². The summed E-state index contributed by atoms with van der Waals surface area (Å²) in [6, 6.07) is 13.8. The number of piperidine rings is 1. The average Bonchev–Trinajstić information content (AvgIpc) is 3.12. The summed E-state index contributed by atoms with van der Waals surface area (Å²) in [5, 5.41) is 0.713. The fraction of sp³-hybridized carbons (Fsp3) is 0.500. The van der Waals surface area contributed by atoms with Crippen LogP contribution in [0.15, 0.2) is 48.5 Å². The van der Waals surface area contributed by atoms with Gasteiger partial charge < -0.3 is 4.90 Å². The van der Waals surface area contributed by atoms with Crippen molar-refractivity contribution in [1.29, 1.82) is 0 Å². The maximum absolute atomic E-state index is 13.3. The van der Waals surface area contributed by atoms with Crippen molar-refractivity contribution in [2.45, 2.75) is 37.9 Å². The molecule has 30 heavy (non-hydrogen) atoms. The summed E-state index contributed by atoms with van der Waals surface area (Å²) in [6.07, 6.45) is -0.592. The quantitative estimate of drug-likeness (QED) is 0.562. The van der Waals surface area contributed by atoms with Crippen molar-refractivity contribution in [2.24, 2.45) is 5.92 Å². The smallest absolute Gasteiger partial charge is 0.303 e. The zero-order valence-electron chi connectivity index (χ0n) is 17.0. The van der Waals surface area contributed by atoms with E-state index in [1.807, 2.05) is 30.3 Å². The maximum Gasteiger partial charge on any atom is 0.416 e. The molecular weight excluding hydrogens is 409 g/mol. The van der Waals surface area contributed by atoms with Gasteiger partial charge in [-0.3, -0.25) is 4.90 Å². The van der Waals surface area contributed by atoms with Crippen molar-refractivity contribution < 1.29 is 13.2 Å². The summed E-state index contributed by atoms with van der Waals surface area (Å²) >= 11 is 6.00. The molecule has 0 bridgehead atoms. The van der Waals surface area contributed by atoms with Crippen LogP contribution in [0.2, 0.25) is 5.02 Å². The lowest BCUT2D eigenvalue weighted by atomic mass is 9.87. The van der Waals surface area contributed by atoms with Gasteiger partial charge in [-0.15, -0.1) is 0 Å². The van der Waals surface area contributed by atoms with Crippen molar-refractivity contribution >= 4 is 11.6 Å². The zero-order valence-corrected chi connectivity index (χ0v) is 17.8. The van der Waals surface area contributed by atoms with Gasteiger partial charge in [-0.1, -0.05) is 48.4 Å². The van der Waals surface area contributed by atoms with Gasteiger partial charge in [0, 0.05) is 37.1 Å². The molecule has 0 amide bonds. The van der Waals surface area contributed by atoms with Crippen LogP contribution in [0, 0.1) is 5.92 Å². The molecule has 2 saturated heterocycles. The molecule has 2 heterocycles. The third-order valence-corrected chi connectivity index (χ3v) is 6.67. The number of rotatable bonds is 5. The van der Waals surface area contributed by atoms with E-state index < -0.39 is 11.7 Å². The largest absolute Gasteiger partial charge is 0.416 e. The van der Waals surface area contributed by atoms with Crippen molar-refractivity contribution in [3.05, 3.63) is 70.2 Å². The second-order valence-electron chi connectivity index (χ2n) is 8.67. The summed E-state index contributed by atoms with van der Waals surface area (Å²) in [6.45, 7) is 5.63. The van der Waals surface area contributed by atoms with Crippen LogP contribution in [-0.2, 0) is 12.7 Å². The van der Waals surface area contributed by atoms with E-state index in [2.05, 4.69) is 9.80 Å². The van der Waals surface area contributed by atoms with Crippen LogP contribution in [0.25, 0.3) is 0 Å². The van der Waals surface area contributed by atoms with Crippen LogP contribution in [0.3, 0.4) is 0 Å². The highest BCUT2D eigenvalue weighted by molar-refractivity contribution is 6.30. The molecule has 0 spiro atoms. The molecule has 0 aromatic heterocycles. The minimum atomic E-state index is -4.31. The summed E-state index contributed by atoms with van der Waals surface area (Å²) in [4.78, 5) is 4.88. The Labute approximate surface area is 181 Å². The molecule has 0 radical (unpaired) electrons. The monoisotopic (exact) mass is 436 g/mol. The van der Waals surface area contributed by atoms with Gasteiger partial charge in [0.2, 0.25) is 0 Å². The number of likely N-dealkylation sites (tertiary alicyclic amines) is 2. The summed E-state index contributed by atoms with van der Waals surface area (Å²) in [5.74, 6) is 0.445. The van der Waals surface area contributed by atoms with Crippen LogP contribution in [0.5, 0.6) is 0 Å². The van der Waals surface area contributed by atoms with Crippen LogP contribution < -0.4 is 0 Å². The molecule has 0 unspecified atom stereocenters. The molecule has 0 aliphatic carbocycles. The topological polar surface area (TPSA) is 6.48 Å². The predicted molar refractivity (Wildman–Crippen MR) is 115 cm³/mol. The number of alkyl halides is 3. The highest BCUT2D eigenvalue weighted by Gasteiger charge is 2.37. The molecular formula is C24H28ClF3N2. The molecule has 2 nitrogen and oxygen atoms in total. The molecule has 0 saturated carbocycles. The Balaban J connectivity index is 1.54. The molecule has 2 atom stereocenters. The van der Waals surface area contributed by atoms with Gasteiger partial charge in [-0.25, -0.2) is 0 Å². The summed E-state index contributed by atoms with van der Waals surface area (Å²) in [7, 11) is 0. The minimum absolute atomic E-state index is 0.113. The SMILES string of the molecule is FC(F)(F)c1cccc([C@@H]2CN(Cc3ccc(Cl)cc3)C[C@@H]2CN2CCCCC2)c1. The highest BCUT2D eigenvalue weighted by Crippen LogP contribution is 2.37. The normalized spacial score (nSPS) is 23.7. The second kappa shape index (κ2) is 9.29. The van der Waals surface area contributed by atoms with Gasteiger partial charge in [0.15, 0.2) is 0 Å². The number of halogens is 4. The molecule has 0 N–H and O–H groups in total. The van der Waals surface area contributed by atoms with E-state index in [1.54, 1.807) is 6.07 Å². The number of benzene rings is 2. The van der Waals surface area contributed by atoms with E-state index in [9.17, 15) is 13.2 Å². The third kappa shape index (κ3) is 5.37.